The molecule has 1 atom stereocenters. The lowest BCUT2D eigenvalue weighted by atomic mass is 9.93. The van der Waals surface area contributed by atoms with Crippen molar-refractivity contribution in [1.82, 2.24) is 5.32 Å². The molecule has 0 aliphatic rings. The molecule has 1 amide bonds. The molecule has 0 saturated heterocycles. The van der Waals surface area contributed by atoms with Gasteiger partial charge in [0.1, 0.15) is 11.5 Å². The zero-order valence-corrected chi connectivity index (χ0v) is 19.4. The minimum absolute atomic E-state index is 0.0168. The molecule has 152 valence electrons. The van der Waals surface area contributed by atoms with Gasteiger partial charge in [0.25, 0.3) is 5.91 Å². The topological polar surface area (TPSA) is 47.6 Å². The van der Waals surface area contributed by atoms with Gasteiger partial charge in [0.2, 0.25) is 0 Å². The number of ether oxygens (including phenoxy) is 2. The number of benzene rings is 2. The van der Waals surface area contributed by atoms with Gasteiger partial charge in [-0.3, -0.25) is 4.79 Å². The highest BCUT2D eigenvalue weighted by molar-refractivity contribution is 9.10. The molecule has 0 aromatic heterocycles. The van der Waals surface area contributed by atoms with Crippen LogP contribution in [0.1, 0.15) is 60.5 Å². The Morgan fingerprint density at radius 1 is 1.00 bits per heavy atom. The number of halogens is 1. The van der Waals surface area contributed by atoms with Crippen LogP contribution in [0.5, 0.6) is 11.5 Å². The zero-order valence-electron chi connectivity index (χ0n) is 17.8. The van der Waals surface area contributed by atoms with E-state index in [9.17, 15) is 4.79 Å². The first-order chi connectivity index (χ1) is 13.1. The van der Waals surface area contributed by atoms with E-state index in [0.717, 1.165) is 38.0 Å². The Hall–Kier alpha value is -2.01. The second-order valence-electron chi connectivity index (χ2n) is 7.55. The summed E-state index contributed by atoms with van der Waals surface area (Å²) in [5, 5.41) is 3.04. The van der Waals surface area contributed by atoms with Crippen molar-refractivity contribution in [1.29, 1.82) is 0 Å². The lowest BCUT2D eigenvalue weighted by Gasteiger charge is -2.21. The Bertz CT molecular complexity index is 838. The lowest BCUT2D eigenvalue weighted by molar-refractivity contribution is -0.123. The molecule has 2 rings (SSSR count). The van der Waals surface area contributed by atoms with Crippen LogP contribution in [0.25, 0.3) is 0 Å². The van der Waals surface area contributed by atoms with Crippen LogP contribution in [0.3, 0.4) is 0 Å². The second-order valence-corrected chi connectivity index (χ2v) is 8.35. The Balaban J connectivity index is 2.07. The van der Waals surface area contributed by atoms with Gasteiger partial charge in [-0.15, -0.1) is 0 Å². The Kier molecular flexibility index (Phi) is 7.53. The van der Waals surface area contributed by atoms with Crippen LogP contribution in [0.2, 0.25) is 0 Å². The van der Waals surface area contributed by atoms with Crippen molar-refractivity contribution in [3.63, 3.8) is 0 Å². The van der Waals surface area contributed by atoms with Crippen LogP contribution < -0.4 is 14.8 Å². The van der Waals surface area contributed by atoms with Crippen molar-refractivity contribution in [2.45, 2.75) is 53.5 Å². The summed E-state index contributed by atoms with van der Waals surface area (Å²) in [5.74, 6) is 1.78. The van der Waals surface area contributed by atoms with Gasteiger partial charge in [-0.25, -0.2) is 0 Å². The van der Waals surface area contributed by atoms with Gasteiger partial charge in [0, 0.05) is 4.47 Å². The Morgan fingerprint density at radius 2 is 1.61 bits per heavy atom. The second kappa shape index (κ2) is 9.46. The third-order valence-electron chi connectivity index (χ3n) is 4.86. The largest absolute Gasteiger partial charge is 0.496 e. The summed E-state index contributed by atoms with van der Waals surface area (Å²) in [6, 6.07) is 7.91. The molecule has 28 heavy (non-hydrogen) atoms. The first-order valence-electron chi connectivity index (χ1n) is 9.51. The van der Waals surface area contributed by atoms with Gasteiger partial charge in [0.05, 0.1) is 13.2 Å². The lowest BCUT2D eigenvalue weighted by Crippen LogP contribution is -2.31. The molecule has 0 saturated carbocycles. The van der Waals surface area contributed by atoms with E-state index in [-0.39, 0.29) is 18.6 Å². The molecule has 0 unspecified atom stereocenters. The average molecular weight is 448 g/mol. The smallest absolute Gasteiger partial charge is 0.258 e. The van der Waals surface area contributed by atoms with E-state index in [2.05, 4.69) is 41.2 Å². The molecule has 0 fully saturated rings. The van der Waals surface area contributed by atoms with Gasteiger partial charge in [0.15, 0.2) is 6.61 Å². The van der Waals surface area contributed by atoms with Crippen molar-refractivity contribution in [2.24, 2.45) is 0 Å². The fourth-order valence-electron chi connectivity index (χ4n) is 3.31. The monoisotopic (exact) mass is 447 g/mol. The van der Waals surface area contributed by atoms with E-state index in [1.54, 1.807) is 7.11 Å². The van der Waals surface area contributed by atoms with Gasteiger partial charge in [-0.05, 0) is 85.7 Å². The number of rotatable bonds is 7. The molecule has 0 spiro atoms. The van der Waals surface area contributed by atoms with E-state index >= 15 is 0 Å². The summed E-state index contributed by atoms with van der Waals surface area (Å²) in [6.07, 6.45) is 0. The van der Waals surface area contributed by atoms with Crippen LogP contribution in [-0.2, 0) is 4.79 Å². The van der Waals surface area contributed by atoms with Crippen LogP contribution in [0.15, 0.2) is 28.7 Å². The molecule has 4 nitrogen and oxygen atoms in total. The highest BCUT2D eigenvalue weighted by atomic mass is 79.9. The number of amides is 1. The van der Waals surface area contributed by atoms with Crippen molar-refractivity contribution >= 4 is 21.8 Å². The molecule has 0 bridgehead atoms. The number of methoxy groups -OCH3 is 1. The highest BCUT2D eigenvalue weighted by Gasteiger charge is 2.17. The molecule has 5 heteroatoms. The molecule has 0 aliphatic carbocycles. The summed E-state index contributed by atoms with van der Waals surface area (Å²) < 4.78 is 12.3. The predicted octanol–water partition coefficient (Wildman–Crippen LogP) is 5.76. The van der Waals surface area contributed by atoms with Crippen LogP contribution in [0.4, 0.5) is 0 Å². The van der Waals surface area contributed by atoms with Gasteiger partial charge in [-0.2, -0.15) is 0 Å². The molecule has 0 aliphatic heterocycles. The van der Waals surface area contributed by atoms with Gasteiger partial charge >= 0.3 is 0 Å². The van der Waals surface area contributed by atoms with E-state index in [1.807, 2.05) is 45.9 Å². The number of carbonyl (C=O) groups excluding carboxylic acids is 1. The minimum atomic E-state index is -0.146. The standard InChI is InChI=1S/C23H30BrNO3/c1-13(2)19-11-20(14(3)10-21(19)27-7)17(6)25-22(26)12-28-18-8-15(4)23(24)16(5)9-18/h8-11,13,17H,12H2,1-7H3,(H,25,26)/t17-/m1/s1. The normalized spacial score (nSPS) is 12.0. The third-order valence-corrected chi connectivity index (χ3v) is 6.12. The first kappa shape index (κ1) is 22.3. The maximum atomic E-state index is 12.4. The Labute approximate surface area is 176 Å². The van der Waals surface area contributed by atoms with Crippen LogP contribution >= 0.6 is 15.9 Å². The number of hydrogen-bond donors (Lipinski definition) is 1. The number of carbonyl (C=O) groups is 1. The van der Waals surface area contributed by atoms with Crippen LogP contribution in [-0.4, -0.2) is 19.6 Å². The molecular weight excluding hydrogens is 418 g/mol. The van der Waals surface area contributed by atoms with Crippen molar-refractivity contribution in [2.75, 3.05) is 13.7 Å². The van der Waals surface area contributed by atoms with Crippen LogP contribution in [0, 0.1) is 20.8 Å². The summed E-state index contributed by atoms with van der Waals surface area (Å²) in [4.78, 5) is 12.4. The average Bonchev–Trinajstić information content (AvgIpc) is 2.63. The van der Waals surface area contributed by atoms with Crippen molar-refractivity contribution in [3.8, 4) is 11.5 Å². The molecule has 1 N–H and O–H groups in total. The minimum Gasteiger partial charge on any atom is -0.496 e. The quantitative estimate of drug-likeness (QED) is 0.586. The third kappa shape index (κ3) is 5.28. The molecule has 0 radical (unpaired) electrons. The highest BCUT2D eigenvalue weighted by Crippen LogP contribution is 2.32. The number of aryl methyl sites for hydroxylation is 3. The van der Waals surface area contributed by atoms with Gasteiger partial charge in [-0.1, -0.05) is 29.8 Å². The molecule has 2 aromatic carbocycles. The number of nitrogens with one attached hydrogen (secondary N) is 1. The number of hydrogen-bond acceptors (Lipinski definition) is 3. The Morgan fingerprint density at radius 3 is 2.14 bits per heavy atom. The van der Waals surface area contributed by atoms with Gasteiger partial charge < -0.3 is 14.8 Å². The predicted molar refractivity (Wildman–Crippen MR) is 117 cm³/mol. The van der Waals surface area contributed by atoms with Crippen molar-refractivity contribution < 1.29 is 14.3 Å². The van der Waals surface area contributed by atoms with Crippen molar-refractivity contribution in [3.05, 3.63) is 56.6 Å². The zero-order chi connectivity index (χ0) is 21.0. The molecular formula is C23H30BrNO3. The van der Waals surface area contributed by atoms with E-state index in [4.69, 9.17) is 9.47 Å². The molecule has 2 aromatic rings. The maximum Gasteiger partial charge on any atom is 0.258 e. The SMILES string of the molecule is COc1cc(C)c([C@@H](C)NC(=O)COc2cc(C)c(Br)c(C)c2)cc1C(C)C. The summed E-state index contributed by atoms with van der Waals surface area (Å²) >= 11 is 3.54. The fraction of sp³-hybridized carbons (Fsp3) is 0.435. The van der Waals surface area contributed by atoms with E-state index < -0.39 is 0 Å². The maximum absolute atomic E-state index is 12.4. The van der Waals surface area contributed by atoms with E-state index in [1.165, 1.54) is 0 Å². The summed E-state index contributed by atoms with van der Waals surface area (Å²) in [6.45, 7) is 12.3. The fourth-order valence-corrected chi connectivity index (χ4v) is 3.54. The first-order valence-corrected chi connectivity index (χ1v) is 10.3. The molecule has 0 heterocycles. The van der Waals surface area contributed by atoms with E-state index in [0.29, 0.717) is 11.7 Å². The summed E-state index contributed by atoms with van der Waals surface area (Å²) in [7, 11) is 1.69. The summed E-state index contributed by atoms with van der Waals surface area (Å²) in [5.41, 5.74) is 5.49.